The van der Waals surface area contributed by atoms with Crippen molar-refractivity contribution in [3.05, 3.63) is 47.9 Å². The lowest BCUT2D eigenvalue weighted by atomic mass is 10.2. The summed E-state index contributed by atoms with van der Waals surface area (Å²) in [7, 11) is 0. The average molecular weight is 217 g/mol. The average Bonchev–Trinajstić information content (AvgIpc) is 2.27. The summed E-state index contributed by atoms with van der Waals surface area (Å²) < 4.78 is 13.0. The van der Waals surface area contributed by atoms with Crippen LogP contribution >= 0.6 is 0 Å². The van der Waals surface area contributed by atoms with Crippen molar-refractivity contribution in [2.24, 2.45) is 0 Å². The highest BCUT2D eigenvalue weighted by Crippen LogP contribution is 2.18. The van der Waals surface area contributed by atoms with Crippen LogP contribution in [-0.4, -0.2) is 4.98 Å². The molecule has 1 heterocycles. The van der Waals surface area contributed by atoms with Crippen LogP contribution in [0.4, 0.5) is 21.6 Å². The first kappa shape index (κ1) is 10.4. The highest BCUT2D eigenvalue weighted by molar-refractivity contribution is 5.58. The van der Waals surface area contributed by atoms with Crippen molar-refractivity contribution in [3.8, 4) is 0 Å². The number of benzene rings is 1. The molecule has 0 aliphatic carbocycles. The van der Waals surface area contributed by atoms with Gasteiger partial charge in [0.25, 0.3) is 0 Å². The first-order valence-corrected chi connectivity index (χ1v) is 4.90. The molecule has 3 nitrogen and oxygen atoms in total. The van der Waals surface area contributed by atoms with E-state index in [9.17, 15) is 4.39 Å². The van der Waals surface area contributed by atoms with E-state index < -0.39 is 0 Å². The maximum Gasteiger partial charge on any atom is 0.130 e. The van der Waals surface area contributed by atoms with Crippen LogP contribution in [0, 0.1) is 12.7 Å². The molecular weight excluding hydrogens is 205 g/mol. The van der Waals surface area contributed by atoms with Gasteiger partial charge in [0, 0.05) is 5.69 Å². The summed E-state index contributed by atoms with van der Waals surface area (Å²) in [5, 5.41) is 3.07. The Kier molecular flexibility index (Phi) is 2.72. The summed E-state index contributed by atoms with van der Waals surface area (Å²) in [6.45, 7) is 1.72. The predicted molar refractivity (Wildman–Crippen MR) is 63.1 cm³/mol. The molecular formula is C12H12FN3. The minimum Gasteiger partial charge on any atom is -0.397 e. The fraction of sp³-hybridized carbons (Fsp3) is 0.0833. The van der Waals surface area contributed by atoms with Crippen LogP contribution in [0.5, 0.6) is 0 Å². The van der Waals surface area contributed by atoms with Crippen molar-refractivity contribution in [3.63, 3.8) is 0 Å². The van der Waals surface area contributed by atoms with Crippen molar-refractivity contribution in [2.75, 3.05) is 11.1 Å². The number of halogens is 1. The summed E-state index contributed by atoms with van der Waals surface area (Å²) in [4.78, 5) is 4.10. The normalized spacial score (nSPS) is 10.1. The van der Waals surface area contributed by atoms with Gasteiger partial charge in [-0.3, -0.25) is 0 Å². The smallest absolute Gasteiger partial charge is 0.130 e. The van der Waals surface area contributed by atoms with Crippen LogP contribution in [0.25, 0.3) is 0 Å². The first-order chi connectivity index (χ1) is 7.65. The fourth-order valence-corrected chi connectivity index (χ4v) is 1.35. The van der Waals surface area contributed by atoms with Gasteiger partial charge in [-0.2, -0.15) is 0 Å². The number of nitrogens with zero attached hydrogens (tertiary/aromatic N) is 1. The van der Waals surface area contributed by atoms with E-state index in [1.807, 2.05) is 0 Å². The summed E-state index contributed by atoms with van der Waals surface area (Å²) in [6.07, 6.45) is 1.57. The Balaban J connectivity index is 2.20. The van der Waals surface area contributed by atoms with Crippen LogP contribution in [0.1, 0.15) is 5.56 Å². The van der Waals surface area contributed by atoms with Crippen molar-refractivity contribution >= 4 is 17.2 Å². The first-order valence-electron chi connectivity index (χ1n) is 4.90. The van der Waals surface area contributed by atoms with Gasteiger partial charge < -0.3 is 11.1 Å². The maximum absolute atomic E-state index is 13.0. The highest BCUT2D eigenvalue weighted by Gasteiger charge is 1.99. The van der Waals surface area contributed by atoms with E-state index >= 15 is 0 Å². The molecule has 0 atom stereocenters. The molecule has 2 rings (SSSR count). The van der Waals surface area contributed by atoms with Crippen LogP contribution in [-0.2, 0) is 0 Å². The minimum absolute atomic E-state index is 0.212. The van der Waals surface area contributed by atoms with Crippen molar-refractivity contribution in [1.82, 2.24) is 4.98 Å². The van der Waals surface area contributed by atoms with E-state index in [0.29, 0.717) is 17.1 Å². The summed E-state index contributed by atoms with van der Waals surface area (Å²) in [6, 6.07) is 8.35. The topological polar surface area (TPSA) is 50.9 Å². The molecule has 3 N–H and O–H groups in total. The number of rotatable bonds is 2. The largest absolute Gasteiger partial charge is 0.397 e. The highest BCUT2D eigenvalue weighted by atomic mass is 19.1. The van der Waals surface area contributed by atoms with Gasteiger partial charge >= 0.3 is 0 Å². The molecule has 0 aliphatic rings. The Morgan fingerprint density at radius 2 is 2.06 bits per heavy atom. The number of aryl methyl sites for hydroxylation is 1. The third-order valence-corrected chi connectivity index (χ3v) is 2.22. The summed E-state index contributed by atoms with van der Waals surface area (Å²) >= 11 is 0. The van der Waals surface area contributed by atoms with Crippen LogP contribution in [0.3, 0.4) is 0 Å². The number of nitrogen functional groups attached to an aromatic ring is 1. The molecule has 0 amide bonds. The van der Waals surface area contributed by atoms with Gasteiger partial charge in [0.2, 0.25) is 0 Å². The third-order valence-electron chi connectivity index (χ3n) is 2.22. The Hall–Kier alpha value is -2.10. The SMILES string of the molecule is Cc1cc(Nc2ccc(N)cn2)ccc1F. The maximum atomic E-state index is 13.0. The lowest BCUT2D eigenvalue weighted by Gasteiger charge is -2.06. The Morgan fingerprint density at radius 1 is 1.25 bits per heavy atom. The molecule has 1 aromatic carbocycles. The number of anilines is 3. The number of nitrogens with two attached hydrogens (primary N) is 1. The molecule has 0 saturated carbocycles. The zero-order valence-corrected chi connectivity index (χ0v) is 8.87. The lowest BCUT2D eigenvalue weighted by Crippen LogP contribution is -1.95. The van der Waals surface area contributed by atoms with Crippen molar-refractivity contribution in [2.45, 2.75) is 6.92 Å². The van der Waals surface area contributed by atoms with Gasteiger partial charge in [0.05, 0.1) is 11.9 Å². The number of pyridine rings is 1. The van der Waals surface area contributed by atoms with Gasteiger partial charge in [0.15, 0.2) is 0 Å². The van der Waals surface area contributed by atoms with E-state index in [1.165, 1.54) is 6.07 Å². The number of nitrogens with one attached hydrogen (secondary N) is 1. The minimum atomic E-state index is -0.212. The van der Waals surface area contributed by atoms with Gasteiger partial charge in [0.1, 0.15) is 11.6 Å². The Morgan fingerprint density at radius 3 is 2.69 bits per heavy atom. The number of aromatic nitrogens is 1. The summed E-state index contributed by atoms with van der Waals surface area (Å²) in [5.74, 6) is 0.469. The third kappa shape index (κ3) is 2.28. The predicted octanol–water partition coefficient (Wildman–Crippen LogP) is 2.85. The van der Waals surface area contributed by atoms with Crippen LogP contribution in [0.15, 0.2) is 36.5 Å². The van der Waals surface area contributed by atoms with E-state index in [4.69, 9.17) is 5.73 Å². The molecule has 1 aromatic heterocycles. The van der Waals surface area contributed by atoms with E-state index in [1.54, 1.807) is 37.4 Å². The Bertz CT molecular complexity index is 494. The van der Waals surface area contributed by atoms with Gasteiger partial charge in [-0.25, -0.2) is 9.37 Å². The molecule has 0 aliphatic heterocycles. The molecule has 0 unspecified atom stereocenters. The molecule has 0 bridgehead atoms. The van der Waals surface area contributed by atoms with Crippen LogP contribution in [0.2, 0.25) is 0 Å². The molecule has 4 heteroatoms. The zero-order chi connectivity index (χ0) is 11.5. The summed E-state index contributed by atoms with van der Waals surface area (Å²) in [5.41, 5.74) is 7.54. The van der Waals surface area contributed by atoms with E-state index in [-0.39, 0.29) is 5.82 Å². The van der Waals surface area contributed by atoms with Gasteiger partial charge in [-0.1, -0.05) is 0 Å². The van der Waals surface area contributed by atoms with Crippen LogP contribution < -0.4 is 11.1 Å². The second-order valence-electron chi connectivity index (χ2n) is 3.57. The van der Waals surface area contributed by atoms with Gasteiger partial charge in [-0.15, -0.1) is 0 Å². The quantitative estimate of drug-likeness (QED) is 0.813. The van der Waals surface area contributed by atoms with Gasteiger partial charge in [-0.05, 0) is 42.8 Å². The fourth-order valence-electron chi connectivity index (χ4n) is 1.35. The van der Waals surface area contributed by atoms with Crippen molar-refractivity contribution in [1.29, 1.82) is 0 Å². The number of hydrogen-bond acceptors (Lipinski definition) is 3. The Labute approximate surface area is 93.1 Å². The second-order valence-corrected chi connectivity index (χ2v) is 3.57. The van der Waals surface area contributed by atoms with E-state index in [0.717, 1.165) is 5.69 Å². The zero-order valence-electron chi connectivity index (χ0n) is 8.87. The standard InChI is InChI=1S/C12H12FN3/c1-8-6-10(3-4-11(8)13)16-12-5-2-9(14)7-15-12/h2-7H,14H2,1H3,(H,15,16). The molecule has 16 heavy (non-hydrogen) atoms. The monoisotopic (exact) mass is 217 g/mol. The molecule has 0 fully saturated rings. The molecule has 82 valence electrons. The number of hydrogen-bond donors (Lipinski definition) is 2. The molecule has 0 radical (unpaired) electrons. The van der Waals surface area contributed by atoms with Crippen molar-refractivity contribution < 1.29 is 4.39 Å². The molecule has 2 aromatic rings. The molecule has 0 spiro atoms. The lowest BCUT2D eigenvalue weighted by molar-refractivity contribution is 0.619. The van der Waals surface area contributed by atoms with E-state index in [2.05, 4.69) is 10.3 Å². The molecule has 0 saturated heterocycles. The second kappa shape index (κ2) is 4.18.